The Labute approximate surface area is 163 Å². The number of hydrogen-bond donors (Lipinski definition) is 1. The highest BCUT2D eigenvalue weighted by Gasteiger charge is 2.87. The highest BCUT2D eigenvalue weighted by Crippen LogP contribution is 2.59. The van der Waals surface area contributed by atoms with E-state index in [0.29, 0.717) is 13.3 Å². The van der Waals surface area contributed by atoms with Gasteiger partial charge in [-0.25, -0.2) is 0 Å². The number of rotatable bonds is 9. The van der Waals surface area contributed by atoms with E-state index in [9.17, 15) is 53.4 Å². The van der Waals surface area contributed by atoms with Crippen LogP contribution in [0.4, 0.5) is 48.3 Å². The number of halogens is 11. The summed E-state index contributed by atoms with van der Waals surface area (Å²) in [6.45, 7) is 2.50. The van der Waals surface area contributed by atoms with Crippen LogP contribution >= 0.6 is 0 Å². The fraction of sp³-hybridized carbons (Fsp3) is 0.647. The van der Waals surface area contributed by atoms with Gasteiger partial charge < -0.3 is 9.84 Å². The van der Waals surface area contributed by atoms with Gasteiger partial charge in [-0.3, -0.25) is 0 Å². The zero-order valence-electron chi connectivity index (χ0n) is 15.4. The number of benzene rings is 1. The summed E-state index contributed by atoms with van der Waals surface area (Å²) in [7, 11) is 0. The zero-order chi connectivity index (χ0) is 23.8. The molecule has 0 radical (unpaired) electrons. The first-order valence-electron chi connectivity index (χ1n) is 8.28. The van der Waals surface area contributed by atoms with Crippen molar-refractivity contribution in [1.29, 1.82) is 0 Å². The van der Waals surface area contributed by atoms with E-state index in [1.807, 2.05) is 0 Å². The lowest BCUT2D eigenvalue weighted by molar-refractivity contribution is -0.424. The van der Waals surface area contributed by atoms with Gasteiger partial charge in [-0.1, -0.05) is 19.1 Å². The Bertz CT molecular complexity index is 709. The Morgan fingerprint density at radius 3 is 1.63 bits per heavy atom. The van der Waals surface area contributed by atoms with Gasteiger partial charge in [0.1, 0.15) is 5.75 Å². The van der Waals surface area contributed by atoms with E-state index >= 15 is 0 Å². The van der Waals surface area contributed by atoms with Gasteiger partial charge in [-0.2, -0.15) is 48.3 Å². The summed E-state index contributed by atoms with van der Waals surface area (Å²) in [5, 5.41) is 10.1. The SMILES string of the molecule is CCCOc1ccc(C(C)(O)CC(F)(F)C(F)(F)C(F)(F)C(F)(F)C(F)(F)F)cc1. The Morgan fingerprint density at radius 2 is 1.23 bits per heavy atom. The van der Waals surface area contributed by atoms with E-state index in [-0.39, 0.29) is 12.4 Å². The summed E-state index contributed by atoms with van der Waals surface area (Å²) in [6.07, 6.45) is -9.21. The predicted molar refractivity (Wildman–Crippen MR) is 82.3 cm³/mol. The zero-order valence-corrected chi connectivity index (χ0v) is 15.4. The van der Waals surface area contributed by atoms with Crippen LogP contribution in [0.3, 0.4) is 0 Å². The van der Waals surface area contributed by atoms with Crippen LogP contribution in [0.15, 0.2) is 24.3 Å². The van der Waals surface area contributed by atoms with Gasteiger partial charge in [-0.15, -0.1) is 0 Å². The highest BCUT2D eigenvalue weighted by atomic mass is 19.4. The summed E-state index contributed by atoms with van der Waals surface area (Å²) in [6, 6.07) is 4.09. The molecule has 1 rings (SSSR count). The molecule has 1 atom stereocenters. The van der Waals surface area contributed by atoms with Crippen LogP contribution in [-0.2, 0) is 5.60 Å². The van der Waals surface area contributed by atoms with Gasteiger partial charge in [0.2, 0.25) is 0 Å². The molecule has 0 aliphatic rings. The fourth-order valence-electron chi connectivity index (χ4n) is 2.38. The molecule has 1 N–H and O–H groups in total. The number of ether oxygens (including phenoxy) is 1. The van der Waals surface area contributed by atoms with E-state index in [2.05, 4.69) is 0 Å². The second-order valence-corrected chi connectivity index (χ2v) is 6.75. The van der Waals surface area contributed by atoms with Gasteiger partial charge in [0, 0.05) is 0 Å². The fourth-order valence-corrected chi connectivity index (χ4v) is 2.38. The van der Waals surface area contributed by atoms with Crippen molar-refractivity contribution in [2.75, 3.05) is 6.61 Å². The molecule has 1 aromatic carbocycles. The van der Waals surface area contributed by atoms with Crippen molar-refractivity contribution in [1.82, 2.24) is 0 Å². The summed E-state index contributed by atoms with van der Waals surface area (Å²) in [5.74, 6) is -28.1. The Kier molecular flexibility index (Phi) is 7.04. The molecular formula is C17H17F11O2. The smallest absolute Gasteiger partial charge is 0.460 e. The van der Waals surface area contributed by atoms with Crippen LogP contribution < -0.4 is 4.74 Å². The molecule has 174 valence electrons. The average molecular weight is 462 g/mol. The molecule has 0 bridgehead atoms. The summed E-state index contributed by atoms with van der Waals surface area (Å²) >= 11 is 0. The van der Waals surface area contributed by atoms with Crippen LogP contribution in [-0.4, -0.2) is 41.6 Å². The quantitative estimate of drug-likeness (QED) is 0.445. The van der Waals surface area contributed by atoms with Gasteiger partial charge >= 0.3 is 29.9 Å². The molecule has 0 aromatic heterocycles. The van der Waals surface area contributed by atoms with Crippen molar-refractivity contribution in [3.63, 3.8) is 0 Å². The highest BCUT2D eigenvalue weighted by molar-refractivity contribution is 5.31. The summed E-state index contributed by atoms with van der Waals surface area (Å²) in [4.78, 5) is 0. The Balaban J connectivity index is 3.23. The van der Waals surface area contributed by atoms with Crippen LogP contribution in [0, 0.1) is 0 Å². The van der Waals surface area contributed by atoms with Crippen LogP contribution in [0.1, 0.15) is 32.3 Å². The average Bonchev–Trinajstić information content (AvgIpc) is 2.58. The van der Waals surface area contributed by atoms with Crippen LogP contribution in [0.2, 0.25) is 0 Å². The molecule has 2 nitrogen and oxygen atoms in total. The third kappa shape index (κ3) is 4.59. The minimum atomic E-state index is -7.50. The molecule has 0 aliphatic heterocycles. The van der Waals surface area contributed by atoms with Crippen molar-refractivity contribution in [2.24, 2.45) is 0 Å². The van der Waals surface area contributed by atoms with Gasteiger partial charge in [0.05, 0.1) is 18.6 Å². The third-order valence-corrected chi connectivity index (χ3v) is 4.12. The largest absolute Gasteiger partial charge is 0.494 e. The van der Waals surface area contributed by atoms with E-state index in [1.54, 1.807) is 6.92 Å². The van der Waals surface area contributed by atoms with Gasteiger partial charge in [0.15, 0.2) is 0 Å². The lowest BCUT2D eigenvalue weighted by Crippen LogP contribution is -2.67. The molecule has 0 fully saturated rings. The normalized spacial score (nSPS) is 16.3. The lowest BCUT2D eigenvalue weighted by Gasteiger charge is -2.39. The maximum Gasteiger partial charge on any atom is 0.460 e. The standard InChI is InChI=1S/C17H17F11O2/c1-3-8-30-11-6-4-10(5-7-11)12(2,29)9-13(18,19)14(20,21)15(22,23)16(24,25)17(26,27)28/h4-7,29H,3,8-9H2,1-2H3. The first-order valence-corrected chi connectivity index (χ1v) is 8.28. The van der Waals surface area contributed by atoms with Crippen molar-refractivity contribution >= 4 is 0 Å². The minimum absolute atomic E-state index is 0.185. The summed E-state index contributed by atoms with van der Waals surface area (Å²) in [5.41, 5.74) is -3.52. The van der Waals surface area contributed by atoms with Crippen LogP contribution in [0.25, 0.3) is 0 Å². The second-order valence-electron chi connectivity index (χ2n) is 6.75. The minimum Gasteiger partial charge on any atom is -0.494 e. The molecule has 1 aromatic rings. The Morgan fingerprint density at radius 1 is 0.767 bits per heavy atom. The first-order chi connectivity index (χ1) is 13.2. The van der Waals surface area contributed by atoms with E-state index in [4.69, 9.17) is 4.74 Å². The maximum absolute atomic E-state index is 13.9. The molecule has 0 spiro atoms. The molecule has 0 saturated heterocycles. The topological polar surface area (TPSA) is 29.5 Å². The molecule has 1 unspecified atom stereocenters. The van der Waals surface area contributed by atoms with E-state index in [1.165, 1.54) is 0 Å². The predicted octanol–water partition coefficient (Wildman–Crippen LogP) is 6.18. The van der Waals surface area contributed by atoms with E-state index < -0.39 is 47.5 Å². The molecule has 13 heteroatoms. The van der Waals surface area contributed by atoms with Crippen molar-refractivity contribution < 1.29 is 58.1 Å². The van der Waals surface area contributed by atoms with Gasteiger partial charge in [-0.05, 0) is 31.0 Å². The van der Waals surface area contributed by atoms with E-state index in [0.717, 1.165) is 24.3 Å². The first kappa shape index (κ1) is 26.2. The monoisotopic (exact) mass is 462 g/mol. The number of hydrogen-bond acceptors (Lipinski definition) is 2. The van der Waals surface area contributed by atoms with Crippen LogP contribution in [0.5, 0.6) is 5.75 Å². The molecule has 0 amide bonds. The van der Waals surface area contributed by atoms with Gasteiger partial charge in [0.25, 0.3) is 0 Å². The molecular weight excluding hydrogens is 445 g/mol. The molecule has 30 heavy (non-hydrogen) atoms. The molecule has 0 heterocycles. The lowest BCUT2D eigenvalue weighted by atomic mass is 9.85. The maximum atomic E-state index is 13.9. The second kappa shape index (κ2) is 8.04. The summed E-state index contributed by atoms with van der Waals surface area (Å²) < 4.78 is 149. The van der Waals surface area contributed by atoms with Crippen molar-refractivity contribution in [3.8, 4) is 5.75 Å². The van der Waals surface area contributed by atoms with Crippen molar-refractivity contribution in [2.45, 2.75) is 62.2 Å². The Hall–Kier alpha value is -1.79. The number of alkyl halides is 11. The molecule has 0 saturated carbocycles. The van der Waals surface area contributed by atoms with Crippen molar-refractivity contribution in [3.05, 3.63) is 29.8 Å². The molecule has 0 aliphatic carbocycles. The number of aliphatic hydroxyl groups is 1. The third-order valence-electron chi connectivity index (χ3n) is 4.12.